The number of halogens is 5. The quantitative estimate of drug-likeness (QED) is 0.0145. The number of anilines is 1. The van der Waals surface area contributed by atoms with E-state index in [0.717, 1.165) is 5.56 Å². The molecule has 426 valence electrons. The summed E-state index contributed by atoms with van der Waals surface area (Å²) in [6, 6.07) is 8.13. The third-order valence-corrected chi connectivity index (χ3v) is 11.9. The Morgan fingerprint density at radius 1 is 0.766 bits per heavy atom. The topological polar surface area (TPSA) is 294 Å². The third-order valence-electron chi connectivity index (χ3n) is 10.8. The molecule has 1 saturated heterocycles. The lowest BCUT2D eigenvalue weighted by molar-refractivity contribution is -0.136. The van der Waals surface area contributed by atoms with E-state index in [4.69, 9.17) is 80.4 Å². The van der Waals surface area contributed by atoms with Crippen molar-refractivity contribution in [2.45, 2.75) is 50.7 Å². The Bertz CT molecular complexity index is 2610. The molecule has 4 heterocycles. The first kappa shape index (κ1) is 61.6. The van der Waals surface area contributed by atoms with Gasteiger partial charge in [-0.25, -0.2) is 22.5 Å². The van der Waals surface area contributed by atoms with Gasteiger partial charge in [0.15, 0.2) is 23.5 Å². The van der Waals surface area contributed by atoms with Crippen LogP contribution < -0.4 is 9.64 Å². The molecular weight excluding hydrogens is 1100 g/mol. The number of aliphatic hydroxyl groups is 2. The van der Waals surface area contributed by atoms with Crippen molar-refractivity contribution in [3.8, 4) is 5.75 Å². The number of aliphatic hydroxyl groups excluding tert-OH is 2. The second-order valence-corrected chi connectivity index (χ2v) is 18.9. The Hall–Kier alpha value is -4.56. The van der Waals surface area contributed by atoms with Crippen LogP contribution in [0.5, 0.6) is 5.75 Å². The van der Waals surface area contributed by atoms with Crippen LogP contribution in [0.15, 0.2) is 48.8 Å². The van der Waals surface area contributed by atoms with E-state index in [1.54, 1.807) is 16.9 Å². The smallest absolute Gasteiger partial charge is 0.350 e. The first-order valence-electron chi connectivity index (χ1n) is 24.1. The highest BCUT2D eigenvalue weighted by molar-refractivity contribution is 7.51. The van der Waals surface area contributed by atoms with Gasteiger partial charge in [0.2, 0.25) is 11.0 Å². The molecule has 4 N–H and O–H groups in total. The average molecular weight is 1160 g/mol. The third kappa shape index (κ3) is 20.9. The van der Waals surface area contributed by atoms with Crippen molar-refractivity contribution in [2.24, 2.45) is 0 Å². The number of hydrogen-bond acceptors (Lipinski definition) is 21. The molecule has 0 unspecified atom stereocenters. The van der Waals surface area contributed by atoms with E-state index < -0.39 is 74.3 Å². The van der Waals surface area contributed by atoms with Crippen LogP contribution in [-0.2, 0) is 76.4 Å². The number of nitrogens with zero attached hydrogens (tertiary/aromatic N) is 8. The highest BCUT2D eigenvalue weighted by Gasteiger charge is 2.45. The second kappa shape index (κ2) is 32.5. The fourth-order valence-corrected chi connectivity index (χ4v) is 7.85. The number of rotatable bonds is 38. The molecule has 0 aliphatic carbocycles. The molecule has 0 spiro atoms. The summed E-state index contributed by atoms with van der Waals surface area (Å²) < 4.78 is 114. The molecule has 77 heavy (non-hydrogen) atoms. The lowest BCUT2D eigenvalue weighted by atomic mass is 10.1. The molecule has 0 bridgehead atoms. The fourth-order valence-electron chi connectivity index (χ4n) is 7.15. The van der Waals surface area contributed by atoms with Gasteiger partial charge in [0.05, 0.1) is 143 Å². The van der Waals surface area contributed by atoms with Crippen molar-refractivity contribution in [3.05, 3.63) is 87.8 Å². The van der Waals surface area contributed by atoms with Crippen molar-refractivity contribution in [3.63, 3.8) is 0 Å². The normalized spacial score (nSPS) is 16.7. The number of carbonyl (C=O) groups is 1. The number of benzene rings is 2. The van der Waals surface area contributed by atoms with E-state index >= 15 is 0 Å². The maximum atomic E-state index is 13.6. The number of esters is 1. The van der Waals surface area contributed by atoms with Crippen LogP contribution in [-0.4, -0.2) is 198 Å². The van der Waals surface area contributed by atoms with Gasteiger partial charge in [-0.1, -0.05) is 35.0 Å². The maximum absolute atomic E-state index is 13.6. The largest absolute Gasteiger partial charge is 0.420 e. The van der Waals surface area contributed by atoms with Gasteiger partial charge < -0.3 is 77.0 Å². The molecule has 0 radical (unpaired) electrons. The molecule has 1 aliphatic rings. The van der Waals surface area contributed by atoms with E-state index in [0.29, 0.717) is 120 Å². The Kier molecular flexibility index (Phi) is 26.0. The molecule has 25 nitrogen and oxygen atoms in total. The van der Waals surface area contributed by atoms with Gasteiger partial charge in [0, 0.05) is 30.2 Å². The van der Waals surface area contributed by atoms with Crippen LogP contribution in [0.3, 0.4) is 0 Å². The van der Waals surface area contributed by atoms with Crippen molar-refractivity contribution in [2.75, 3.05) is 124 Å². The summed E-state index contributed by atoms with van der Waals surface area (Å²) in [6.07, 6.45) is -3.27. The van der Waals surface area contributed by atoms with Crippen molar-refractivity contribution in [1.29, 1.82) is 0 Å². The Labute approximate surface area is 449 Å². The van der Waals surface area contributed by atoms with Gasteiger partial charge in [-0.15, -0.1) is 5.10 Å². The van der Waals surface area contributed by atoms with Gasteiger partial charge >= 0.3 is 13.6 Å². The Morgan fingerprint density at radius 2 is 1.36 bits per heavy atom. The van der Waals surface area contributed by atoms with Gasteiger partial charge in [-0.05, 0) is 23.2 Å². The number of ether oxygens (including phenoxy) is 11. The number of aromatic nitrogens is 7. The molecule has 3 aromatic heterocycles. The van der Waals surface area contributed by atoms with E-state index in [2.05, 4.69) is 30.1 Å². The zero-order valence-electron chi connectivity index (χ0n) is 41.5. The summed E-state index contributed by atoms with van der Waals surface area (Å²) in [4.78, 5) is 40.7. The van der Waals surface area contributed by atoms with E-state index in [1.807, 2.05) is 23.1 Å². The number of hydrogen-bond donors (Lipinski definition) is 4. The van der Waals surface area contributed by atoms with E-state index in [1.165, 1.54) is 10.9 Å². The Balaban J connectivity index is 0.769. The zero-order valence-corrected chi connectivity index (χ0v) is 43.9. The van der Waals surface area contributed by atoms with E-state index in [-0.39, 0.29) is 57.0 Å². The average Bonchev–Trinajstić information content (AvgIpc) is 4.14. The van der Waals surface area contributed by atoms with E-state index in [9.17, 15) is 32.7 Å². The van der Waals surface area contributed by atoms with Crippen LogP contribution in [0.4, 0.5) is 19.0 Å². The minimum absolute atomic E-state index is 0.0637. The summed E-state index contributed by atoms with van der Waals surface area (Å²) in [5.74, 6) is -5.27. The molecule has 1 aliphatic heterocycles. The van der Waals surface area contributed by atoms with Crippen LogP contribution in [0, 0.1) is 17.5 Å². The summed E-state index contributed by atoms with van der Waals surface area (Å²) >= 11 is 13.0. The van der Waals surface area contributed by atoms with Crippen molar-refractivity contribution >= 4 is 53.6 Å². The number of fused-ring (bicyclic) bond motifs is 1. The lowest BCUT2D eigenvalue weighted by Crippen LogP contribution is -2.34. The molecule has 6 rings (SSSR count). The maximum Gasteiger partial charge on any atom is 0.350 e. The SMILES string of the molecule is O=C(CCOCCOCCOCCOCCn1cc(COCCOCCOCCOCCN(Cc2ccccc2Cl)c2nc(Cl)nc3c2cnn3[C@@H]2O[C@H](COCP(=O)(O)O)[C@@H](O)[C@H]2O)nn1)Oc1c(F)cc(F)cc1F. The number of carbonyl (C=O) groups excluding carboxylic acids is 1. The minimum Gasteiger partial charge on any atom is -0.420 e. The highest BCUT2D eigenvalue weighted by atomic mass is 35.5. The molecular formula is C46H60Cl2F3N8O17P. The molecule has 2 aromatic carbocycles. The Morgan fingerprint density at radius 3 is 2.00 bits per heavy atom. The molecule has 4 atom stereocenters. The van der Waals surface area contributed by atoms with Gasteiger partial charge in [-0.2, -0.15) is 15.1 Å². The van der Waals surface area contributed by atoms with Gasteiger partial charge in [0.1, 0.15) is 42.0 Å². The molecule has 0 amide bonds. The summed E-state index contributed by atoms with van der Waals surface area (Å²) in [5, 5.41) is 34.9. The monoisotopic (exact) mass is 1150 g/mol. The second-order valence-electron chi connectivity index (χ2n) is 16.6. The molecule has 31 heteroatoms. The van der Waals surface area contributed by atoms with Crippen LogP contribution in [0.2, 0.25) is 10.3 Å². The summed E-state index contributed by atoms with van der Waals surface area (Å²) in [6.45, 7) is 5.19. The lowest BCUT2D eigenvalue weighted by Gasteiger charge is -2.25. The summed E-state index contributed by atoms with van der Waals surface area (Å²) in [7, 11) is -4.47. The molecule has 0 saturated carbocycles. The van der Waals surface area contributed by atoms with Crippen LogP contribution >= 0.6 is 30.8 Å². The summed E-state index contributed by atoms with van der Waals surface area (Å²) in [5.41, 5.74) is 1.62. The predicted octanol–water partition coefficient (Wildman–Crippen LogP) is 3.25. The van der Waals surface area contributed by atoms with Gasteiger partial charge in [-0.3, -0.25) is 9.36 Å². The van der Waals surface area contributed by atoms with Crippen LogP contribution in [0.25, 0.3) is 11.0 Å². The van der Waals surface area contributed by atoms with Crippen LogP contribution in [0.1, 0.15) is 23.9 Å². The molecule has 5 aromatic rings. The first-order valence-corrected chi connectivity index (χ1v) is 26.6. The fraction of sp³-hybridized carbons (Fsp3) is 0.565. The first-order chi connectivity index (χ1) is 37.2. The van der Waals surface area contributed by atoms with Gasteiger partial charge in [0.25, 0.3) is 0 Å². The minimum atomic E-state index is -4.47. The standard InChI is InChI=1S/C46H60Cl2F3N8O17P/c47-35-4-2-1-3-31(35)26-57(43-34-25-52-59(44(34)54-46(48)53-43)45-41(62)40(61)38(75-45)29-74-30-77(63,64)65)6-9-67-12-15-70-19-20-72-21-22-73-28-33-27-58(56-55-33)7-10-68-13-16-71-18-17-69-14-11-66-8-5-39(60)76-42-36(50)23-32(49)24-37(42)51/h1-4,23-25,27,38,40-41,45,61-62H,5-22,26,28-30H2,(H2,63,64,65)/t38-,40-,41-,45-/m1/s1. The predicted molar refractivity (Wildman–Crippen MR) is 264 cm³/mol. The van der Waals surface area contributed by atoms with Crippen molar-refractivity contribution in [1.82, 2.24) is 34.7 Å². The zero-order chi connectivity index (χ0) is 55.0. The van der Waals surface area contributed by atoms with Crippen molar-refractivity contribution < 1.29 is 94.6 Å². The highest BCUT2D eigenvalue weighted by Crippen LogP contribution is 2.37. The molecule has 1 fully saturated rings.